The van der Waals surface area contributed by atoms with Crippen LogP contribution in [0.15, 0.2) is 48.5 Å². The molecule has 2 amide bonds. The Bertz CT molecular complexity index is 1240. The van der Waals surface area contributed by atoms with Crippen molar-refractivity contribution in [2.75, 3.05) is 4.90 Å². The van der Waals surface area contributed by atoms with Gasteiger partial charge in [-0.2, -0.15) is 0 Å². The summed E-state index contributed by atoms with van der Waals surface area (Å²) in [5.41, 5.74) is 2.05. The SMILES string of the molecule is Cc1ccc(N2C(=O)c3cc4ccccc4n3C[C@@]2(C)C(=O)NC2CCCCCCC2)cc1Cl. The molecule has 6 heteroatoms. The maximum absolute atomic E-state index is 14.0. The molecule has 0 unspecified atom stereocenters. The van der Waals surface area contributed by atoms with E-state index >= 15 is 0 Å². The van der Waals surface area contributed by atoms with Crippen LogP contribution in [0.25, 0.3) is 10.9 Å². The van der Waals surface area contributed by atoms with Crippen molar-refractivity contribution in [2.45, 2.75) is 76.9 Å². The molecular formula is C28H32ClN3O2. The van der Waals surface area contributed by atoms with Gasteiger partial charge in [-0.05, 0) is 56.5 Å². The Labute approximate surface area is 206 Å². The molecule has 1 aliphatic heterocycles. The van der Waals surface area contributed by atoms with Crippen molar-refractivity contribution in [2.24, 2.45) is 0 Å². The van der Waals surface area contributed by atoms with Crippen molar-refractivity contribution < 1.29 is 9.59 Å². The summed E-state index contributed by atoms with van der Waals surface area (Å²) in [6.45, 7) is 4.20. The van der Waals surface area contributed by atoms with Gasteiger partial charge in [-0.1, -0.05) is 68.0 Å². The number of rotatable bonds is 3. The van der Waals surface area contributed by atoms with Gasteiger partial charge >= 0.3 is 0 Å². The zero-order valence-electron chi connectivity index (χ0n) is 19.9. The van der Waals surface area contributed by atoms with Crippen LogP contribution in [0.4, 0.5) is 5.69 Å². The van der Waals surface area contributed by atoms with Gasteiger partial charge in [0.15, 0.2) is 0 Å². The number of nitrogens with one attached hydrogen (secondary N) is 1. The molecule has 0 spiro atoms. The smallest absolute Gasteiger partial charge is 0.275 e. The van der Waals surface area contributed by atoms with Crippen molar-refractivity contribution in [3.8, 4) is 0 Å². The lowest BCUT2D eigenvalue weighted by atomic mass is 9.91. The van der Waals surface area contributed by atoms with Crippen LogP contribution in [0.3, 0.4) is 0 Å². The Morgan fingerprint density at radius 2 is 1.74 bits per heavy atom. The second-order valence-corrected chi connectivity index (χ2v) is 10.4. The quantitative estimate of drug-likeness (QED) is 0.484. The fraction of sp³-hybridized carbons (Fsp3) is 0.429. The minimum absolute atomic E-state index is 0.105. The Morgan fingerprint density at radius 3 is 2.47 bits per heavy atom. The summed E-state index contributed by atoms with van der Waals surface area (Å²) >= 11 is 6.46. The van der Waals surface area contributed by atoms with Crippen LogP contribution in [-0.4, -0.2) is 28.0 Å². The van der Waals surface area contributed by atoms with E-state index in [2.05, 4.69) is 5.32 Å². The molecule has 1 N–H and O–H groups in total. The highest BCUT2D eigenvalue weighted by molar-refractivity contribution is 6.31. The lowest BCUT2D eigenvalue weighted by Crippen LogP contribution is -2.65. The first-order valence-corrected chi connectivity index (χ1v) is 12.8. The number of hydrogen-bond donors (Lipinski definition) is 1. The molecule has 34 heavy (non-hydrogen) atoms. The van der Waals surface area contributed by atoms with Gasteiger partial charge in [-0.25, -0.2) is 0 Å². The van der Waals surface area contributed by atoms with E-state index in [4.69, 9.17) is 11.6 Å². The molecule has 2 heterocycles. The number of hydrogen-bond acceptors (Lipinski definition) is 2. The summed E-state index contributed by atoms with van der Waals surface area (Å²) in [7, 11) is 0. The van der Waals surface area contributed by atoms with Crippen LogP contribution >= 0.6 is 11.6 Å². The first-order valence-electron chi connectivity index (χ1n) is 12.4. The average molecular weight is 478 g/mol. The molecule has 5 rings (SSSR count). The molecular weight excluding hydrogens is 446 g/mol. The summed E-state index contributed by atoms with van der Waals surface area (Å²) < 4.78 is 2.00. The molecule has 5 nitrogen and oxygen atoms in total. The molecule has 1 aromatic heterocycles. The molecule has 0 radical (unpaired) electrons. The Kier molecular flexibility index (Phi) is 6.15. The van der Waals surface area contributed by atoms with Crippen molar-refractivity contribution in [1.29, 1.82) is 0 Å². The predicted molar refractivity (Wildman–Crippen MR) is 138 cm³/mol. The number of carbonyl (C=O) groups is 2. The van der Waals surface area contributed by atoms with Crippen LogP contribution in [0.1, 0.15) is 67.9 Å². The average Bonchev–Trinajstić information content (AvgIpc) is 3.16. The van der Waals surface area contributed by atoms with Gasteiger partial charge in [0.2, 0.25) is 5.91 Å². The zero-order chi connectivity index (χ0) is 23.9. The Hall–Kier alpha value is -2.79. The first kappa shape index (κ1) is 23.0. The van der Waals surface area contributed by atoms with Crippen molar-refractivity contribution >= 4 is 40.0 Å². The number of amides is 2. The third-order valence-electron chi connectivity index (χ3n) is 7.54. The molecule has 1 fully saturated rings. The normalized spacial score (nSPS) is 21.7. The van der Waals surface area contributed by atoms with Crippen LogP contribution in [0.2, 0.25) is 5.02 Å². The highest BCUT2D eigenvalue weighted by Crippen LogP contribution is 2.37. The van der Waals surface area contributed by atoms with Crippen LogP contribution in [0, 0.1) is 6.92 Å². The van der Waals surface area contributed by atoms with Gasteiger partial charge in [-0.3, -0.25) is 14.5 Å². The number of fused-ring (bicyclic) bond motifs is 3. The fourth-order valence-electron chi connectivity index (χ4n) is 5.51. The summed E-state index contributed by atoms with van der Waals surface area (Å²) in [6.07, 6.45) is 7.95. The summed E-state index contributed by atoms with van der Waals surface area (Å²) in [5.74, 6) is -0.288. The molecule has 1 aliphatic carbocycles. The van der Waals surface area contributed by atoms with Crippen LogP contribution in [0.5, 0.6) is 0 Å². The molecule has 3 aromatic rings. The molecule has 1 atom stereocenters. The van der Waals surface area contributed by atoms with Crippen molar-refractivity contribution in [3.63, 3.8) is 0 Å². The Morgan fingerprint density at radius 1 is 1.03 bits per heavy atom. The highest BCUT2D eigenvalue weighted by Gasteiger charge is 2.49. The van der Waals surface area contributed by atoms with E-state index < -0.39 is 5.54 Å². The van der Waals surface area contributed by atoms with Gasteiger partial charge in [0.1, 0.15) is 11.2 Å². The maximum Gasteiger partial charge on any atom is 0.275 e. The fourth-order valence-corrected chi connectivity index (χ4v) is 5.69. The molecule has 178 valence electrons. The minimum Gasteiger partial charge on any atom is -0.351 e. The lowest BCUT2D eigenvalue weighted by molar-refractivity contribution is -0.127. The summed E-state index contributed by atoms with van der Waals surface area (Å²) in [6, 6.07) is 15.6. The molecule has 1 saturated carbocycles. The number of nitrogens with zero attached hydrogens (tertiary/aromatic N) is 2. The molecule has 0 bridgehead atoms. The van der Waals surface area contributed by atoms with Crippen molar-refractivity contribution in [3.05, 3.63) is 64.8 Å². The van der Waals surface area contributed by atoms with E-state index in [1.165, 1.54) is 19.3 Å². The number of carbonyl (C=O) groups excluding carboxylic acids is 2. The van der Waals surface area contributed by atoms with Crippen molar-refractivity contribution in [1.82, 2.24) is 9.88 Å². The maximum atomic E-state index is 14.0. The van der Waals surface area contributed by atoms with E-state index in [1.807, 2.05) is 60.9 Å². The topological polar surface area (TPSA) is 54.3 Å². The Balaban J connectivity index is 1.58. The van der Waals surface area contributed by atoms with Gasteiger partial charge in [-0.15, -0.1) is 0 Å². The minimum atomic E-state index is -1.09. The summed E-state index contributed by atoms with van der Waals surface area (Å²) in [4.78, 5) is 29.6. The van der Waals surface area contributed by atoms with Gasteiger partial charge in [0.25, 0.3) is 5.91 Å². The second-order valence-electron chi connectivity index (χ2n) is 10.0. The van der Waals surface area contributed by atoms with Gasteiger partial charge < -0.3 is 9.88 Å². The third kappa shape index (κ3) is 4.00. The molecule has 2 aromatic carbocycles. The van der Waals surface area contributed by atoms with E-state index in [9.17, 15) is 9.59 Å². The number of halogens is 1. The van der Waals surface area contributed by atoms with Gasteiger partial charge in [0.05, 0.1) is 6.54 Å². The zero-order valence-corrected chi connectivity index (χ0v) is 20.7. The number of aromatic nitrogens is 1. The molecule has 2 aliphatic rings. The first-order chi connectivity index (χ1) is 16.4. The van der Waals surface area contributed by atoms with E-state index in [1.54, 1.807) is 11.0 Å². The predicted octanol–water partition coefficient (Wildman–Crippen LogP) is 6.25. The van der Waals surface area contributed by atoms with E-state index in [-0.39, 0.29) is 17.9 Å². The number of anilines is 1. The second kappa shape index (κ2) is 9.10. The monoisotopic (exact) mass is 477 g/mol. The largest absolute Gasteiger partial charge is 0.351 e. The van der Waals surface area contributed by atoms with Gasteiger partial charge in [0, 0.05) is 27.7 Å². The van der Waals surface area contributed by atoms with Crippen LogP contribution in [-0.2, 0) is 11.3 Å². The number of aryl methyl sites for hydroxylation is 1. The highest BCUT2D eigenvalue weighted by atomic mass is 35.5. The third-order valence-corrected chi connectivity index (χ3v) is 7.94. The van der Waals surface area contributed by atoms with E-state index in [0.29, 0.717) is 22.9 Å². The number of benzene rings is 2. The molecule has 0 saturated heterocycles. The van der Waals surface area contributed by atoms with E-state index in [0.717, 1.165) is 42.1 Å². The summed E-state index contributed by atoms with van der Waals surface area (Å²) in [5, 5.41) is 4.92. The lowest BCUT2D eigenvalue weighted by Gasteiger charge is -2.44. The number of para-hydroxylation sites is 1. The standard InChI is InChI=1S/C28H32ClN3O2/c1-19-14-15-22(17-23(19)29)32-26(33)25-16-20-10-8-9-13-24(20)31(25)18-28(32,2)27(34)30-21-11-6-4-3-5-7-12-21/h8-10,13-17,21H,3-7,11-12,18H2,1-2H3,(H,30,34)/t28-/m0/s1. The van der Waals surface area contributed by atoms with Crippen LogP contribution < -0.4 is 10.2 Å².